The molecule has 20 heavy (non-hydrogen) atoms. The van der Waals surface area contributed by atoms with Crippen LogP contribution in [-0.4, -0.2) is 35.6 Å². The number of piperidine rings is 1. The van der Waals surface area contributed by atoms with Gasteiger partial charge in [-0.2, -0.15) is 0 Å². The van der Waals surface area contributed by atoms with Crippen LogP contribution in [0.3, 0.4) is 0 Å². The van der Waals surface area contributed by atoms with Gasteiger partial charge in [0.1, 0.15) is 0 Å². The van der Waals surface area contributed by atoms with Gasteiger partial charge in [0.2, 0.25) is 0 Å². The number of nitrogens with one attached hydrogen (secondary N) is 1. The van der Waals surface area contributed by atoms with Crippen molar-refractivity contribution in [3.05, 3.63) is 16.1 Å². The van der Waals surface area contributed by atoms with Crippen molar-refractivity contribution in [2.75, 3.05) is 19.6 Å². The fourth-order valence-corrected chi connectivity index (χ4v) is 3.58. The van der Waals surface area contributed by atoms with Gasteiger partial charge in [0.15, 0.2) is 0 Å². The lowest BCUT2D eigenvalue weighted by Gasteiger charge is -2.32. The van der Waals surface area contributed by atoms with E-state index in [1.807, 2.05) is 11.3 Å². The minimum Gasteiger partial charge on any atom is -0.311 e. The molecule has 0 spiro atoms. The van der Waals surface area contributed by atoms with E-state index in [0.29, 0.717) is 0 Å². The Labute approximate surface area is 127 Å². The van der Waals surface area contributed by atoms with E-state index in [2.05, 4.69) is 29.4 Å². The molecule has 1 fully saturated rings. The number of hydrogen-bond acceptors (Lipinski definition) is 4. The van der Waals surface area contributed by atoms with Gasteiger partial charge in [-0.25, -0.2) is 4.98 Å². The Balaban J connectivity index is 1.69. The maximum Gasteiger partial charge on any atom is 0.0941 e. The molecule has 1 atom stereocenters. The fourth-order valence-electron chi connectivity index (χ4n) is 2.79. The largest absolute Gasteiger partial charge is 0.311 e. The van der Waals surface area contributed by atoms with Crippen molar-refractivity contribution in [1.82, 2.24) is 15.2 Å². The summed E-state index contributed by atoms with van der Waals surface area (Å²) in [5.74, 6) is 0. The summed E-state index contributed by atoms with van der Waals surface area (Å²) in [6.07, 6.45) is 7.76. The molecule has 0 aromatic carbocycles. The lowest BCUT2D eigenvalue weighted by atomic mass is 10.0. The highest BCUT2D eigenvalue weighted by atomic mass is 32.1. The smallest absolute Gasteiger partial charge is 0.0941 e. The normalized spacial score (nSPS) is 20.4. The molecule has 0 saturated carbocycles. The maximum atomic E-state index is 4.75. The molecule has 0 bridgehead atoms. The van der Waals surface area contributed by atoms with Crippen molar-refractivity contribution in [3.8, 4) is 0 Å². The molecule has 1 N–H and O–H groups in total. The second kappa shape index (κ2) is 8.75. The number of rotatable bonds is 8. The van der Waals surface area contributed by atoms with Crippen LogP contribution in [0.25, 0.3) is 0 Å². The summed E-state index contributed by atoms with van der Waals surface area (Å²) in [7, 11) is 0. The Bertz CT molecular complexity index is 378. The van der Waals surface area contributed by atoms with Gasteiger partial charge in [0.05, 0.1) is 10.7 Å². The van der Waals surface area contributed by atoms with Gasteiger partial charge in [-0.3, -0.25) is 0 Å². The Morgan fingerprint density at radius 2 is 2.35 bits per heavy atom. The molecule has 0 amide bonds. The molecule has 1 unspecified atom stereocenters. The van der Waals surface area contributed by atoms with E-state index in [4.69, 9.17) is 4.98 Å². The number of nitrogens with zero attached hydrogens (tertiary/aromatic N) is 2. The van der Waals surface area contributed by atoms with Crippen LogP contribution in [0.5, 0.6) is 0 Å². The predicted molar refractivity (Wildman–Crippen MR) is 87.3 cm³/mol. The first-order valence-corrected chi connectivity index (χ1v) is 9.05. The van der Waals surface area contributed by atoms with Crippen LogP contribution in [0.1, 0.15) is 56.7 Å². The van der Waals surface area contributed by atoms with Gasteiger partial charge in [-0.1, -0.05) is 19.8 Å². The predicted octanol–water partition coefficient (Wildman–Crippen LogP) is 3.45. The van der Waals surface area contributed by atoms with Crippen molar-refractivity contribution in [3.63, 3.8) is 0 Å². The first-order valence-electron chi connectivity index (χ1n) is 8.17. The number of aromatic nitrogens is 1. The minimum atomic E-state index is 0.763. The zero-order chi connectivity index (χ0) is 14.2. The van der Waals surface area contributed by atoms with E-state index in [0.717, 1.165) is 25.6 Å². The van der Waals surface area contributed by atoms with E-state index >= 15 is 0 Å². The topological polar surface area (TPSA) is 28.2 Å². The van der Waals surface area contributed by atoms with Gasteiger partial charge >= 0.3 is 0 Å². The lowest BCUT2D eigenvalue weighted by Crippen LogP contribution is -2.38. The second-order valence-corrected chi connectivity index (χ2v) is 6.84. The Morgan fingerprint density at radius 3 is 3.15 bits per heavy atom. The highest BCUT2D eigenvalue weighted by Crippen LogP contribution is 2.18. The number of thiazole rings is 1. The summed E-state index contributed by atoms with van der Waals surface area (Å²) < 4.78 is 0. The van der Waals surface area contributed by atoms with Gasteiger partial charge in [0.25, 0.3) is 0 Å². The van der Waals surface area contributed by atoms with Crippen LogP contribution in [0.4, 0.5) is 0 Å². The van der Waals surface area contributed by atoms with Crippen molar-refractivity contribution in [2.45, 2.75) is 65.0 Å². The van der Waals surface area contributed by atoms with E-state index in [1.54, 1.807) is 0 Å². The zero-order valence-electron chi connectivity index (χ0n) is 13.0. The summed E-state index contributed by atoms with van der Waals surface area (Å²) in [5.41, 5.74) is 1.22. The monoisotopic (exact) mass is 295 g/mol. The van der Waals surface area contributed by atoms with Crippen LogP contribution in [0, 0.1) is 0 Å². The van der Waals surface area contributed by atoms with Crippen molar-refractivity contribution in [2.24, 2.45) is 0 Å². The SMILES string of the molecule is CCCCNCc1csc(CCN2CCCCC2C)n1. The van der Waals surface area contributed by atoms with Gasteiger partial charge in [-0.15, -0.1) is 11.3 Å². The molecule has 2 heterocycles. The fraction of sp³-hybridized carbons (Fsp3) is 0.812. The second-order valence-electron chi connectivity index (χ2n) is 5.89. The van der Waals surface area contributed by atoms with Crippen LogP contribution < -0.4 is 5.32 Å². The molecule has 1 aliphatic rings. The molecule has 114 valence electrons. The Hall–Kier alpha value is -0.450. The van der Waals surface area contributed by atoms with Crippen LogP contribution in [0.2, 0.25) is 0 Å². The summed E-state index contributed by atoms with van der Waals surface area (Å²) in [5, 5.41) is 6.98. The van der Waals surface area contributed by atoms with Gasteiger partial charge < -0.3 is 10.2 Å². The standard InChI is InChI=1S/C16H29N3S/c1-3-4-9-17-12-15-13-20-16(18-15)8-11-19-10-6-5-7-14(19)2/h13-14,17H,3-12H2,1-2H3. The lowest BCUT2D eigenvalue weighted by molar-refractivity contribution is 0.163. The highest BCUT2D eigenvalue weighted by molar-refractivity contribution is 7.09. The number of likely N-dealkylation sites (tertiary alicyclic amines) is 1. The molecular weight excluding hydrogens is 266 g/mol. The summed E-state index contributed by atoms with van der Waals surface area (Å²) in [6.45, 7) is 9.08. The molecular formula is C16H29N3S. The van der Waals surface area contributed by atoms with E-state index in [-0.39, 0.29) is 0 Å². The average molecular weight is 295 g/mol. The summed E-state index contributed by atoms with van der Waals surface area (Å²) in [6, 6.07) is 0.763. The van der Waals surface area contributed by atoms with E-state index in [1.165, 1.54) is 55.9 Å². The van der Waals surface area contributed by atoms with Crippen LogP contribution in [0.15, 0.2) is 5.38 Å². The highest BCUT2D eigenvalue weighted by Gasteiger charge is 2.17. The molecule has 4 heteroatoms. The number of hydrogen-bond donors (Lipinski definition) is 1. The first-order chi connectivity index (χ1) is 9.79. The average Bonchev–Trinajstić information content (AvgIpc) is 2.91. The summed E-state index contributed by atoms with van der Waals surface area (Å²) >= 11 is 1.83. The molecule has 0 radical (unpaired) electrons. The third kappa shape index (κ3) is 5.15. The molecule has 1 aliphatic heterocycles. The van der Waals surface area contributed by atoms with Gasteiger partial charge in [-0.05, 0) is 39.3 Å². The third-order valence-electron chi connectivity index (χ3n) is 4.17. The van der Waals surface area contributed by atoms with Crippen molar-refractivity contribution in [1.29, 1.82) is 0 Å². The first kappa shape index (κ1) is 15.9. The Morgan fingerprint density at radius 1 is 1.45 bits per heavy atom. The van der Waals surface area contributed by atoms with E-state index in [9.17, 15) is 0 Å². The third-order valence-corrected chi connectivity index (χ3v) is 5.12. The van der Waals surface area contributed by atoms with Crippen molar-refractivity contribution < 1.29 is 0 Å². The molecule has 3 nitrogen and oxygen atoms in total. The maximum absolute atomic E-state index is 4.75. The molecule has 0 aliphatic carbocycles. The minimum absolute atomic E-state index is 0.763. The van der Waals surface area contributed by atoms with Crippen LogP contribution in [-0.2, 0) is 13.0 Å². The van der Waals surface area contributed by atoms with E-state index < -0.39 is 0 Å². The zero-order valence-corrected chi connectivity index (χ0v) is 13.8. The molecule has 1 aromatic rings. The molecule has 1 aromatic heterocycles. The van der Waals surface area contributed by atoms with Gasteiger partial charge in [0, 0.05) is 30.9 Å². The van der Waals surface area contributed by atoms with Crippen LogP contribution >= 0.6 is 11.3 Å². The quantitative estimate of drug-likeness (QED) is 0.745. The summed E-state index contributed by atoms with van der Waals surface area (Å²) in [4.78, 5) is 7.38. The molecule has 2 rings (SSSR count). The number of unbranched alkanes of at least 4 members (excludes halogenated alkanes) is 1. The van der Waals surface area contributed by atoms with Crippen molar-refractivity contribution >= 4 is 11.3 Å². The molecule has 1 saturated heterocycles. The Kier molecular flexibility index (Phi) is 6.97.